The van der Waals surface area contributed by atoms with Gasteiger partial charge in [0, 0.05) is 0 Å². The van der Waals surface area contributed by atoms with Crippen molar-refractivity contribution in [3.05, 3.63) is 0 Å². The van der Waals surface area contributed by atoms with Crippen LogP contribution in [0.25, 0.3) is 0 Å². The van der Waals surface area contributed by atoms with Crippen molar-refractivity contribution in [2.75, 3.05) is 6.54 Å². The molecule has 3 N–H and O–H groups in total. The van der Waals surface area contributed by atoms with Gasteiger partial charge in [-0.2, -0.15) is 12.7 Å². The first-order chi connectivity index (χ1) is 12.3. The molecule has 0 spiro atoms. The van der Waals surface area contributed by atoms with Crippen LogP contribution in [-0.2, 0) is 34.1 Å². The molecule has 0 aliphatic rings. The standard InChI is InChI=1S/C15H26N2O10S/c1-14(2,3)26-11(20)8-17(9(12(21)22)7-10(18)19)28(24,25)16-13(23)27-15(4,5)6/h9H,7-8H2,1-6H3,(H,16,23)(H,18,19)(H,21,22). The maximum atomic E-state index is 12.5. The summed E-state index contributed by atoms with van der Waals surface area (Å²) in [7, 11) is -4.97. The molecular weight excluding hydrogens is 400 g/mol. The number of aliphatic carboxylic acids is 2. The van der Waals surface area contributed by atoms with E-state index in [4.69, 9.17) is 14.6 Å². The van der Waals surface area contributed by atoms with Gasteiger partial charge in [0.25, 0.3) is 0 Å². The van der Waals surface area contributed by atoms with E-state index in [0.29, 0.717) is 0 Å². The molecular formula is C15H26N2O10S. The molecule has 0 aliphatic heterocycles. The summed E-state index contributed by atoms with van der Waals surface area (Å²) in [5.74, 6) is -4.60. The summed E-state index contributed by atoms with van der Waals surface area (Å²) in [6.07, 6.45) is -2.59. The number of carboxylic acids is 2. The molecule has 0 fully saturated rings. The smallest absolute Gasteiger partial charge is 0.422 e. The lowest BCUT2D eigenvalue weighted by Crippen LogP contribution is -2.54. The van der Waals surface area contributed by atoms with Gasteiger partial charge in [-0.1, -0.05) is 0 Å². The van der Waals surface area contributed by atoms with E-state index in [1.807, 2.05) is 0 Å². The number of carbonyl (C=O) groups is 4. The van der Waals surface area contributed by atoms with E-state index in [-0.39, 0.29) is 4.31 Å². The number of amides is 1. The molecule has 0 heterocycles. The topological polar surface area (TPSA) is 177 Å². The van der Waals surface area contributed by atoms with Gasteiger partial charge in [0.05, 0.1) is 6.42 Å². The van der Waals surface area contributed by atoms with Crippen LogP contribution in [0.2, 0.25) is 0 Å². The Morgan fingerprint density at radius 1 is 0.964 bits per heavy atom. The maximum absolute atomic E-state index is 12.5. The highest BCUT2D eigenvalue weighted by molar-refractivity contribution is 7.87. The van der Waals surface area contributed by atoms with E-state index >= 15 is 0 Å². The third kappa shape index (κ3) is 10.1. The van der Waals surface area contributed by atoms with Gasteiger partial charge in [-0.15, -0.1) is 0 Å². The van der Waals surface area contributed by atoms with Gasteiger partial charge in [0.2, 0.25) is 0 Å². The lowest BCUT2D eigenvalue weighted by atomic mass is 10.2. The molecule has 0 saturated carbocycles. The SMILES string of the molecule is CC(C)(C)OC(=O)CN(C(CC(=O)O)C(=O)O)S(=O)(=O)NC(=O)OC(C)(C)C. The second-order valence-corrected chi connectivity index (χ2v) is 9.32. The fourth-order valence-corrected chi connectivity index (χ4v) is 2.95. The van der Waals surface area contributed by atoms with Crippen LogP contribution in [0.15, 0.2) is 0 Å². The number of hydrogen-bond donors (Lipinski definition) is 3. The molecule has 13 heteroatoms. The molecule has 1 unspecified atom stereocenters. The average molecular weight is 426 g/mol. The summed E-state index contributed by atoms with van der Waals surface area (Å²) >= 11 is 0. The van der Waals surface area contributed by atoms with E-state index in [1.165, 1.54) is 46.3 Å². The van der Waals surface area contributed by atoms with Crippen molar-refractivity contribution in [1.82, 2.24) is 9.03 Å². The molecule has 1 amide bonds. The lowest BCUT2D eigenvalue weighted by Gasteiger charge is -2.28. The van der Waals surface area contributed by atoms with E-state index in [2.05, 4.69) is 0 Å². The third-order valence-corrected chi connectivity index (χ3v) is 4.05. The number of rotatable bonds is 8. The van der Waals surface area contributed by atoms with Gasteiger partial charge in [0.15, 0.2) is 0 Å². The molecule has 0 saturated heterocycles. The first-order valence-corrected chi connectivity index (χ1v) is 9.47. The second-order valence-electron chi connectivity index (χ2n) is 7.69. The number of nitrogens with one attached hydrogen (secondary N) is 1. The zero-order chi connectivity index (χ0) is 22.5. The number of ether oxygens (including phenoxy) is 2. The van der Waals surface area contributed by atoms with Crippen LogP contribution in [0.1, 0.15) is 48.0 Å². The Morgan fingerprint density at radius 2 is 1.43 bits per heavy atom. The summed E-state index contributed by atoms with van der Waals surface area (Å²) in [6, 6.07) is -2.18. The molecule has 0 radical (unpaired) electrons. The highest BCUT2D eigenvalue weighted by Gasteiger charge is 2.40. The summed E-state index contributed by atoms with van der Waals surface area (Å²) in [5.41, 5.74) is -2.08. The summed E-state index contributed by atoms with van der Waals surface area (Å²) in [4.78, 5) is 46.2. The number of carbonyl (C=O) groups excluding carboxylic acids is 2. The van der Waals surface area contributed by atoms with Crippen LogP contribution in [0.4, 0.5) is 4.79 Å². The Kier molecular flexibility index (Phi) is 8.40. The van der Waals surface area contributed by atoms with E-state index in [9.17, 15) is 32.7 Å². The van der Waals surface area contributed by atoms with E-state index in [0.717, 1.165) is 0 Å². The molecule has 0 aromatic heterocycles. The van der Waals surface area contributed by atoms with E-state index in [1.54, 1.807) is 0 Å². The van der Waals surface area contributed by atoms with Crippen molar-refractivity contribution >= 4 is 34.2 Å². The van der Waals surface area contributed by atoms with Crippen molar-refractivity contribution in [3.8, 4) is 0 Å². The van der Waals surface area contributed by atoms with E-state index < -0.39 is 64.4 Å². The predicted octanol–water partition coefficient (Wildman–Crippen LogP) is 0.328. The first kappa shape index (κ1) is 25.6. The summed E-state index contributed by atoms with van der Waals surface area (Å²) in [6.45, 7) is 7.73. The van der Waals surface area contributed by atoms with Crippen molar-refractivity contribution in [2.24, 2.45) is 0 Å². The monoisotopic (exact) mass is 426 g/mol. The third-order valence-electron chi connectivity index (χ3n) is 2.63. The van der Waals surface area contributed by atoms with Crippen LogP contribution < -0.4 is 4.72 Å². The number of hydrogen-bond acceptors (Lipinski definition) is 8. The fraction of sp³-hybridized carbons (Fsp3) is 0.733. The van der Waals surface area contributed by atoms with Crippen molar-refractivity contribution in [3.63, 3.8) is 0 Å². The molecule has 0 aromatic rings. The van der Waals surface area contributed by atoms with Crippen molar-refractivity contribution in [1.29, 1.82) is 0 Å². The molecule has 0 aromatic carbocycles. The molecule has 0 rings (SSSR count). The largest absolute Gasteiger partial charge is 0.481 e. The van der Waals surface area contributed by atoms with Gasteiger partial charge in [-0.3, -0.25) is 14.4 Å². The fourth-order valence-electron chi connectivity index (χ4n) is 1.80. The highest BCUT2D eigenvalue weighted by atomic mass is 32.2. The van der Waals surface area contributed by atoms with Gasteiger partial charge < -0.3 is 19.7 Å². The van der Waals surface area contributed by atoms with Gasteiger partial charge >= 0.3 is 34.2 Å². The van der Waals surface area contributed by atoms with Crippen LogP contribution in [0.3, 0.4) is 0 Å². The minimum atomic E-state index is -4.97. The zero-order valence-electron chi connectivity index (χ0n) is 16.5. The maximum Gasteiger partial charge on any atom is 0.422 e. The molecule has 28 heavy (non-hydrogen) atoms. The normalized spacial score (nSPS) is 13.5. The Hall–Kier alpha value is -2.41. The quantitative estimate of drug-likeness (QED) is 0.458. The Morgan fingerprint density at radius 3 is 1.79 bits per heavy atom. The second kappa shape index (κ2) is 9.19. The molecule has 0 aliphatic carbocycles. The van der Waals surface area contributed by atoms with Gasteiger partial charge in [-0.25, -0.2) is 9.52 Å². The van der Waals surface area contributed by atoms with Gasteiger partial charge in [0.1, 0.15) is 23.8 Å². The zero-order valence-corrected chi connectivity index (χ0v) is 17.3. The van der Waals surface area contributed by atoms with Crippen LogP contribution in [-0.4, -0.2) is 70.7 Å². The van der Waals surface area contributed by atoms with Crippen molar-refractivity contribution in [2.45, 2.75) is 65.2 Å². The minimum Gasteiger partial charge on any atom is -0.481 e. The van der Waals surface area contributed by atoms with Crippen LogP contribution in [0.5, 0.6) is 0 Å². The van der Waals surface area contributed by atoms with Crippen LogP contribution >= 0.6 is 0 Å². The van der Waals surface area contributed by atoms with Gasteiger partial charge in [-0.05, 0) is 41.5 Å². The Bertz CT molecular complexity index is 718. The minimum absolute atomic E-state index is 0.0292. The highest BCUT2D eigenvalue weighted by Crippen LogP contribution is 2.15. The molecule has 0 bridgehead atoms. The summed E-state index contributed by atoms with van der Waals surface area (Å²) < 4.78 is 36.3. The number of nitrogens with zero attached hydrogens (tertiary/aromatic N) is 1. The first-order valence-electron chi connectivity index (χ1n) is 8.03. The average Bonchev–Trinajstić information content (AvgIpc) is 2.36. The number of carboxylic acid groups (broad SMARTS) is 2. The molecule has 1 atom stereocenters. The van der Waals surface area contributed by atoms with Crippen molar-refractivity contribution < 1.29 is 47.3 Å². The Balaban J connectivity index is 5.85. The number of esters is 1. The summed E-state index contributed by atoms with van der Waals surface area (Å²) in [5, 5.41) is 18.1. The predicted molar refractivity (Wildman–Crippen MR) is 94.5 cm³/mol. The Labute approximate surface area is 163 Å². The van der Waals surface area contributed by atoms with Crippen LogP contribution in [0, 0.1) is 0 Å². The lowest BCUT2D eigenvalue weighted by molar-refractivity contribution is -0.157. The molecule has 12 nitrogen and oxygen atoms in total. The molecule has 162 valence electrons.